The molecule has 0 saturated heterocycles. The molecule has 0 aromatic heterocycles. The molecule has 1 aliphatic carbocycles. The number of hydrogen-bond donors (Lipinski definition) is 0. The second-order valence-corrected chi connectivity index (χ2v) is 14.1. The van der Waals surface area contributed by atoms with Crippen molar-refractivity contribution in [2.45, 2.75) is 52.4 Å². The lowest BCUT2D eigenvalue weighted by molar-refractivity contribution is 0.588. The van der Waals surface area contributed by atoms with Crippen molar-refractivity contribution in [3.05, 3.63) is 120 Å². The van der Waals surface area contributed by atoms with E-state index in [1.165, 1.54) is 87.6 Å². The molecule has 204 valence electrons. The first-order valence-electron chi connectivity index (χ1n) is 15.2. The maximum atomic E-state index is 2.53. The Morgan fingerprint density at radius 2 is 0.857 bits per heavy atom. The molecule has 0 bridgehead atoms. The lowest BCUT2D eigenvalue weighted by Gasteiger charge is -2.32. The van der Waals surface area contributed by atoms with Gasteiger partial charge in [-0.15, -0.1) is 0 Å². The minimum Gasteiger partial charge on any atom is -0.0622 e. The van der Waals surface area contributed by atoms with Crippen LogP contribution in [0.15, 0.2) is 109 Å². The van der Waals surface area contributed by atoms with Gasteiger partial charge in [-0.05, 0) is 104 Å². The predicted molar refractivity (Wildman–Crippen MR) is 184 cm³/mol. The average molecular weight is 541 g/mol. The molecule has 0 atom stereocenters. The van der Waals surface area contributed by atoms with E-state index >= 15 is 0 Å². The van der Waals surface area contributed by atoms with Crippen molar-refractivity contribution in [2.24, 2.45) is 0 Å². The van der Waals surface area contributed by atoms with E-state index in [2.05, 4.69) is 151 Å². The quantitative estimate of drug-likeness (QED) is 0.182. The van der Waals surface area contributed by atoms with E-state index in [1.54, 1.807) is 0 Å². The molecule has 0 amide bonds. The molecule has 0 heterocycles. The van der Waals surface area contributed by atoms with Crippen molar-refractivity contribution in [3.8, 4) is 33.4 Å². The molecular weight excluding hydrogens is 504 g/mol. The average Bonchev–Trinajstić information content (AvgIpc) is 3.29. The highest BCUT2D eigenvalue weighted by Crippen LogP contribution is 2.58. The molecular formula is C42H36. The van der Waals surface area contributed by atoms with Crippen LogP contribution in [0, 0.1) is 0 Å². The summed E-state index contributed by atoms with van der Waals surface area (Å²) in [5.74, 6) is 0. The highest BCUT2D eigenvalue weighted by atomic mass is 14.4. The predicted octanol–water partition coefficient (Wildman–Crippen LogP) is 12.2. The van der Waals surface area contributed by atoms with E-state index in [-0.39, 0.29) is 10.8 Å². The van der Waals surface area contributed by atoms with Crippen LogP contribution in [-0.4, -0.2) is 0 Å². The first kappa shape index (κ1) is 25.3. The largest absolute Gasteiger partial charge is 0.0622 e. The van der Waals surface area contributed by atoms with E-state index in [4.69, 9.17) is 0 Å². The topological polar surface area (TPSA) is 0 Å². The van der Waals surface area contributed by atoms with E-state index in [0.717, 1.165) is 0 Å². The van der Waals surface area contributed by atoms with E-state index in [9.17, 15) is 0 Å². The summed E-state index contributed by atoms with van der Waals surface area (Å²) in [6.07, 6.45) is 0. The van der Waals surface area contributed by atoms with Crippen molar-refractivity contribution in [2.75, 3.05) is 0 Å². The van der Waals surface area contributed by atoms with Crippen LogP contribution in [0.25, 0.3) is 76.5 Å². The molecule has 7 aromatic rings. The third-order valence-electron chi connectivity index (χ3n) is 9.35. The van der Waals surface area contributed by atoms with Crippen LogP contribution < -0.4 is 0 Å². The zero-order chi connectivity index (χ0) is 29.0. The monoisotopic (exact) mass is 540 g/mol. The van der Waals surface area contributed by atoms with Gasteiger partial charge in [0.05, 0.1) is 0 Å². The molecule has 1 aliphatic rings. The summed E-state index contributed by atoms with van der Waals surface area (Å²) >= 11 is 0. The minimum absolute atomic E-state index is 0.0129. The maximum absolute atomic E-state index is 2.53. The van der Waals surface area contributed by atoms with Gasteiger partial charge in [-0.3, -0.25) is 0 Å². The zero-order valence-corrected chi connectivity index (χ0v) is 25.4. The van der Waals surface area contributed by atoms with E-state index in [1.807, 2.05) is 0 Å². The molecule has 0 fully saturated rings. The molecule has 0 unspecified atom stereocenters. The van der Waals surface area contributed by atoms with Crippen LogP contribution in [-0.2, 0) is 10.8 Å². The molecule has 0 nitrogen and oxygen atoms in total. The van der Waals surface area contributed by atoms with Gasteiger partial charge in [0.2, 0.25) is 0 Å². The van der Waals surface area contributed by atoms with Gasteiger partial charge in [-0.2, -0.15) is 0 Å². The Morgan fingerprint density at radius 3 is 1.50 bits per heavy atom. The molecule has 0 N–H and O–H groups in total. The first-order valence-corrected chi connectivity index (χ1v) is 15.2. The molecule has 8 rings (SSSR count). The number of rotatable bonds is 1. The van der Waals surface area contributed by atoms with Gasteiger partial charge < -0.3 is 0 Å². The van der Waals surface area contributed by atoms with Crippen molar-refractivity contribution in [1.82, 2.24) is 0 Å². The van der Waals surface area contributed by atoms with Crippen molar-refractivity contribution < 1.29 is 0 Å². The Kier molecular flexibility index (Phi) is 5.15. The third-order valence-corrected chi connectivity index (χ3v) is 9.35. The van der Waals surface area contributed by atoms with Gasteiger partial charge in [0.15, 0.2) is 0 Å². The fourth-order valence-electron chi connectivity index (χ4n) is 7.87. The van der Waals surface area contributed by atoms with Crippen molar-refractivity contribution in [1.29, 1.82) is 0 Å². The van der Waals surface area contributed by atoms with Gasteiger partial charge in [-0.25, -0.2) is 0 Å². The molecule has 0 spiro atoms. The summed E-state index contributed by atoms with van der Waals surface area (Å²) in [7, 11) is 0. The normalized spacial score (nSPS) is 13.0. The molecule has 0 radical (unpaired) electrons. The lowest BCUT2D eigenvalue weighted by Crippen LogP contribution is -2.18. The number of fused-ring (bicyclic) bond motifs is 8. The van der Waals surface area contributed by atoms with Gasteiger partial charge in [0.1, 0.15) is 0 Å². The number of benzene rings is 7. The fraction of sp³-hybridized carbons (Fsp3) is 0.190. The van der Waals surface area contributed by atoms with Gasteiger partial charge in [0.25, 0.3) is 0 Å². The molecule has 7 aromatic carbocycles. The highest BCUT2D eigenvalue weighted by Gasteiger charge is 2.36. The summed E-state index contributed by atoms with van der Waals surface area (Å²) < 4.78 is 0. The Bertz CT molecular complexity index is 2230. The van der Waals surface area contributed by atoms with Crippen molar-refractivity contribution in [3.63, 3.8) is 0 Å². The summed E-state index contributed by atoms with van der Waals surface area (Å²) in [6.45, 7) is 14.3. The molecule has 42 heavy (non-hydrogen) atoms. The second kappa shape index (κ2) is 8.55. The fourth-order valence-corrected chi connectivity index (χ4v) is 7.87. The lowest BCUT2D eigenvalue weighted by atomic mass is 9.72. The molecule has 0 aliphatic heterocycles. The smallest absolute Gasteiger partial charge is 0.00197 e. The molecule has 0 saturated carbocycles. The molecule has 0 heteroatoms. The third kappa shape index (κ3) is 3.42. The highest BCUT2D eigenvalue weighted by molar-refractivity contribution is 6.29. The van der Waals surface area contributed by atoms with Crippen molar-refractivity contribution >= 4 is 43.1 Å². The SMILES string of the molecule is CC(C)(C)c1c2c(c(C(C)(C)C)c3ccccc13)-c1cc3c4cccc(-c5ccccc5)c4ccc3c3cccc-2c13. The van der Waals surface area contributed by atoms with Crippen LogP contribution in [0.5, 0.6) is 0 Å². The van der Waals surface area contributed by atoms with Crippen LogP contribution in [0.2, 0.25) is 0 Å². The summed E-state index contributed by atoms with van der Waals surface area (Å²) in [5, 5.41) is 10.8. The first-order chi connectivity index (χ1) is 20.1. The van der Waals surface area contributed by atoms with Gasteiger partial charge in [0, 0.05) is 0 Å². The van der Waals surface area contributed by atoms with Crippen LogP contribution in [0.3, 0.4) is 0 Å². The van der Waals surface area contributed by atoms with Gasteiger partial charge in [-0.1, -0.05) is 145 Å². The minimum atomic E-state index is -0.0251. The van der Waals surface area contributed by atoms with Crippen LogP contribution >= 0.6 is 0 Å². The standard InChI is InChI=1S/C42H36/c1-41(2,3)39-31-16-10-11-17-32(31)40(42(4,5)6)38-35-24-34-27-19-12-18-26(25-14-8-7-9-15-25)28(27)22-23-29(34)30-20-13-21-33(36(30)35)37(38)39/h7-24H,1-6H3. The van der Waals surface area contributed by atoms with E-state index < -0.39 is 0 Å². The van der Waals surface area contributed by atoms with E-state index in [0.29, 0.717) is 0 Å². The Balaban J connectivity index is 1.59. The Labute approximate surface area is 248 Å². The van der Waals surface area contributed by atoms with Gasteiger partial charge >= 0.3 is 0 Å². The summed E-state index contributed by atoms with van der Waals surface area (Å²) in [4.78, 5) is 0. The summed E-state index contributed by atoms with van der Waals surface area (Å²) in [6, 6.07) is 40.9. The van der Waals surface area contributed by atoms with Crippen LogP contribution in [0.1, 0.15) is 52.7 Å². The summed E-state index contributed by atoms with van der Waals surface area (Å²) in [5.41, 5.74) is 11.1. The Morgan fingerprint density at radius 1 is 0.357 bits per heavy atom. The number of hydrogen-bond acceptors (Lipinski definition) is 0. The zero-order valence-electron chi connectivity index (χ0n) is 25.4. The Hall–Kier alpha value is -4.42. The second-order valence-electron chi connectivity index (χ2n) is 14.1. The van der Waals surface area contributed by atoms with Crippen LogP contribution in [0.4, 0.5) is 0 Å². The maximum Gasteiger partial charge on any atom is -0.00197 e.